The lowest BCUT2D eigenvalue weighted by Gasteiger charge is -2.29. The Morgan fingerprint density at radius 2 is 1.80 bits per heavy atom. The lowest BCUT2D eigenvalue weighted by Crippen LogP contribution is -2.28. The van der Waals surface area contributed by atoms with Gasteiger partial charge in [-0.1, -0.05) is 38.5 Å². The number of benzene rings is 2. The highest BCUT2D eigenvalue weighted by Crippen LogP contribution is 2.35. The Labute approximate surface area is 176 Å². The lowest BCUT2D eigenvalue weighted by molar-refractivity contribution is -0.0875. The molecule has 0 N–H and O–H groups in total. The second-order valence-corrected chi connectivity index (χ2v) is 7.57. The zero-order chi connectivity index (χ0) is 21.5. The van der Waals surface area contributed by atoms with Crippen molar-refractivity contribution in [1.82, 2.24) is 0 Å². The Morgan fingerprint density at radius 3 is 2.47 bits per heavy atom. The average molecular weight is 422 g/mol. The zero-order valence-electron chi connectivity index (χ0n) is 17.6. The van der Waals surface area contributed by atoms with Crippen molar-refractivity contribution < 1.29 is 27.4 Å². The van der Waals surface area contributed by atoms with Crippen molar-refractivity contribution in [3.63, 3.8) is 0 Å². The predicted molar refractivity (Wildman–Crippen MR) is 110 cm³/mol. The van der Waals surface area contributed by atoms with Crippen LogP contribution in [0.4, 0.5) is 13.2 Å². The molecule has 1 aliphatic heterocycles. The topological polar surface area (TPSA) is 27.7 Å². The standard InChI is InChI=1S/C24H29F3O3/c1-3-5-13-29-22-10-6-16(14-20(22)25)18-8-9-19(24(27)23(18)26)21-11-7-17(15-30-21)28-12-4-2/h6,8-10,14,17,21H,3-5,7,11-13,15H2,1-2H3. The Balaban J connectivity index is 1.73. The first-order valence-electron chi connectivity index (χ1n) is 10.7. The summed E-state index contributed by atoms with van der Waals surface area (Å²) in [6.45, 7) is 5.48. The molecule has 1 fully saturated rings. The maximum atomic E-state index is 14.8. The van der Waals surface area contributed by atoms with Gasteiger partial charge in [0, 0.05) is 17.7 Å². The van der Waals surface area contributed by atoms with Gasteiger partial charge in [-0.05, 0) is 43.4 Å². The van der Waals surface area contributed by atoms with Crippen LogP contribution < -0.4 is 4.74 Å². The number of hydrogen-bond donors (Lipinski definition) is 0. The molecule has 3 nitrogen and oxygen atoms in total. The summed E-state index contributed by atoms with van der Waals surface area (Å²) in [6, 6.07) is 7.16. The van der Waals surface area contributed by atoms with Gasteiger partial charge in [0.2, 0.25) is 0 Å². The Kier molecular flexibility index (Phi) is 8.16. The SMILES string of the molecule is CCCCOc1ccc(-c2ccc(C3CCC(OCCC)CO3)c(F)c2F)cc1F. The first kappa shape index (κ1) is 22.6. The van der Waals surface area contributed by atoms with E-state index >= 15 is 0 Å². The molecule has 0 saturated carbocycles. The Bertz CT molecular complexity index is 833. The first-order chi connectivity index (χ1) is 14.5. The van der Waals surface area contributed by atoms with Crippen LogP contribution in [0.2, 0.25) is 0 Å². The molecule has 0 aliphatic carbocycles. The molecule has 164 valence electrons. The monoisotopic (exact) mass is 422 g/mol. The summed E-state index contributed by atoms with van der Waals surface area (Å²) in [4.78, 5) is 0. The summed E-state index contributed by atoms with van der Waals surface area (Å²) in [6.07, 6.45) is 3.45. The molecule has 0 spiro atoms. The van der Waals surface area contributed by atoms with Gasteiger partial charge in [-0.3, -0.25) is 0 Å². The van der Waals surface area contributed by atoms with Crippen molar-refractivity contribution in [2.24, 2.45) is 0 Å². The summed E-state index contributed by atoms with van der Waals surface area (Å²) in [5, 5.41) is 0. The van der Waals surface area contributed by atoms with E-state index in [-0.39, 0.29) is 28.5 Å². The highest BCUT2D eigenvalue weighted by atomic mass is 19.2. The molecule has 1 heterocycles. The molecule has 30 heavy (non-hydrogen) atoms. The van der Waals surface area contributed by atoms with E-state index in [9.17, 15) is 13.2 Å². The molecule has 0 aromatic heterocycles. The quantitative estimate of drug-likeness (QED) is 0.426. The number of rotatable bonds is 9. The third-order valence-corrected chi connectivity index (χ3v) is 5.25. The third-order valence-electron chi connectivity index (χ3n) is 5.25. The molecule has 2 atom stereocenters. The van der Waals surface area contributed by atoms with E-state index in [1.54, 1.807) is 0 Å². The fourth-order valence-electron chi connectivity index (χ4n) is 3.54. The lowest BCUT2D eigenvalue weighted by atomic mass is 9.96. The van der Waals surface area contributed by atoms with Crippen LogP contribution in [-0.4, -0.2) is 25.9 Å². The van der Waals surface area contributed by atoms with Crippen molar-refractivity contribution in [3.05, 3.63) is 53.3 Å². The van der Waals surface area contributed by atoms with Crippen molar-refractivity contribution in [2.45, 2.75) is 58.2 Å². The van der Waals surface area contributed by atoms with Gasteiger partial charge >= 0.3 is 0 Å². The van der Waals surface area contributed by atoms with Gasteiger partial charge in [0.15, 0.2) is 23.2 Å². The molecular formula is C24H29F3O3. The predicted octanol–water partition coefficient (Wildman–Crippen LogP) is 6.60. The van der Waals surface area contributed by atoms with Gasteiger partial charge in [-0.15, -0.1) is 0 Å². The van der Waals surface area contributed by atoms with E-state index in [1.807, 2.05) is 13.8 Å². The van der Waals surface area contributed by atoms with Crippen LogP contribution in [-0.2, 0) is 9.47 Å². The second kappa shape index (κ2) is 10.8. The molecule has 0 radical (unpaired) electrons. The molecule has 0 bridgehead atoms. The first-order valence-corrected chi connectivity index (χ1v) is 10.7. The van der Waals surface area contributed by atoms with Gasteiger partial charge in [0.1, 0.15) is 0 Å². The molecule has 2 aromatic carbocycles. The highest BCUT2D eigenvalue weighted by Gasteiger charge is 2.27. The van der Waals surface area contributed by atoms with Crippen LogP contribution in [0, 0.1) is 17.5 Å². The molecular weight excluding hydrogens is 393 g/mol. The summed E-state index contributed by atoms with van der Waals surface area (Å²) in [5.41, 5.74) is 0.455. The van der Waals surface area contributed by atoms with Crippen LogP contribution in [0.1, 0.15) is 57.6 Å². The number of unbranched alkanes of at least 4 members (excludes halogenated alkanes) is 1. The van der Waals surface area contributed by atoms with E-state index in [0.29, 0.717) is 26.2 Å². The molecule has 2 unspecified atom stereocenters. The Morgan fingerprint density at radius 1 is 0.967 bits per heavy atom. The van der Waals surface area contributed by atoms with Crippen LogP contribution in [0.25, 0.3) is 11.1 Å². The van der Waals surface area contributed by atoms with Gasteiger partial charge < -0.3 is 14.2 Å². The Hall–Kier alpha value is -2.05. The van der Waals surface area contributed by atoms with Crippen LogP contribution in [0.3, 0.4) is 0 Å². The minimum atomic E-state index is -1.00. The summed E-state index contributed by atoms with van der Waals surface area (Å²) >= 11 is 0. The molecule has 1 aliphatic rings. The maximum Gasteiger partial charge on any atom is 0.167 e. The van der Waals surface area contributed by atoms with E-state index in [4.69, 9.17) is 14.2 Å². The fraction of sp³-hybridized carbons (Fsp3) is 0.500. The fourth-order valence-corrected chi connectivity index (χ4v) is 3.54. The zero-order valence-corrected chi connectivity index (χ0v) is 17.6. The van der Waals surface area contributed by atoms with Crippen molar-refractivity contribution in [1.29, 1.82) is 0 Å². The van der Waals surface area contributed by atoms with Crippen molar-refractivity contribution in [2.75, 3.05) is 19.8 Å². The smallest absolute Gasteiger partial charge is 0.167 e. The number of halogens is 3. The van der Waals surface area contributed by atoms with E-state index < -0.39 is 23.6 Å². The number of hydrogen-bond acceptors (Lipinski definition) is 3. The second-order valence-electron chi connectivity index (χ2n) is 7.57. The van der Waals surface area contributed by atoms with Gasteiger partial charge in [0.25, 0.3) is 0 Å². The average Bonchev–Trinajstić information content (AvgIpc) is 2.76. The summed E-state index contributed by atoms with van der Waals surface area (Å²) < 4.78 is 60.7. The normalized spacial score (nSPS) is 19.1. The molecule has 2 aromatic rings. The number of ether oxygens (including phenoxy) is 3. The van der Waals surface area contributed by atoms with Crippen LogP contribution in [0.5, 0.6) is 5.75 Å². The van der Waals surface area contributed by atoms with E-state index in [0.717, 1.165) is 25.7 Å². The highest BCUT2D eigenvalue weighted by molar-refractivity contribution is 5.66. The van der Waals surface area contributed by atoms with E-state index in [1.165, 1.54) is 30.3 Å². The van der Waals surface area contributed by atoms with Gasteiger partial charge in [-0.25, -0.2) is 13.2 Å². The molecule has 6 heteroatoms. The summed E-state index contributed by atoms with van der Waals surface area (Å²) in [5.74, 6) is -2.44. The van der Waals surface area contributed by atoms with Crippen molar-refractivity contribution in [3.8, 4) is 16.9 Å². The molecule has 1 saturated heterocycles. The van der Waals surface area contributed by atoms with Gasteiger partial charge in [0.05, 0.1) is 25.4 Å². The largest absolute Gasteiger partial charge is 0.491 e. The van der Waals surface area contributed by atoms with Crippen LogP contribution >= 0.6 is 0 Å². The maximum absolute atomic E-state index is 14.8. The molecule has 0 amide bonds. The summed E-state index contributed by atoms with van der Waals surface area (Å²) in [7, 11) is 0. The van der Waals surface area contributed by atoms with Gasteiger partial charge in [-0.2, -0.15) is 0 Å². The minimum absolute atomic E-state index is 0.00517. The van der Waals surface area contributed by atoms with E-state index in [2.05, 4.69) is 0 Å². The molecule has 3 rings (SSSR count). The minimum Gasteiger partial charge on any atom is -0.491 e. The van der Waals surface area contributed by atoms with Crippen LogP contribution in [0.15, 0.2) is 30.3 Å². The van der Waals surface area contributed by atoms with Crippen molar-refractivity contribution >= 4 is 0 Å². The third kappa shape index (κ3) is 5.35.